The SMILES string of the molecule is O=C(CSc1ncnc2ccccc12)NCCCn1c(=O)c(-c2ccccc2)c2n(c1=O)CCCS2(=O)=O. The molecule has 10 nitrogen and oxygen atoms in total. The smallest absolute Gasteiger partial charge is 0.332 e. The molecule has 1 aliphatic rings. The van der Waals surface area contributed by atoms with Crippen LogP contribution >= 0.6 is 11.8 Å². The van der Waals surface area contributed by atoms with Crippen LogP contribution in [0.4, 0.5) is 0 Å². The zero-order chi connectivity index (χ0) is 26.7. The molecule has 0 unspecified atom stereocenters. The van der Waals surface area contributed by atoms with Crippen molar-refractivity contribution in [2.24, 2.45) is 0 Å². The molecule has 0 spiro atoms. The summed E-state index contributed by atoms with van der Waals surface area (Å²) in [6.07, 6.45) is 2.09. The molecule has 5 rings (SSSR count). The van der Waals surface area contributed by atoms with E-state index < -0.39 is 21.1 Å². The maximum atomic E-state index is 13.4. The lowest BCUT2D eigenvalue weighted by Crippen LogP contribution is -2.45. The Balaban J connectivity index is 1.29. The number of rotatable bonds is 8. The van der Waals surface area contributed by atoms with Crippen LogP contribution in [0.25, 0.3) is 22.0 Å². The van der Waals surface area contributed by atoms with E-state index >= 15 is 0 Å². The fourth-order valence-corrected chi connectivity index (χ4v) is 7.05. The fraction of sp³-hybridized carbons (Fsp3) is 0.269. The van der Waals surface area contributed by atoms with Gasteiger partial charge in [-0.2, -0.15) is 0 Å². The van der Waals surface area contributed by atoms with Crippen molar-refractivity contribution in [2.75, 3.05) is 18.1 Å². The molecule has 0 saturated heterocycles. The van der Waals surface area contributed by atoms with Gasteiger partial charge in [0.05, 0.1) is 22.6 Å². The normalized spacial score (nSPS) is 14.2. The molecule has 12 heteroatoms. The number of nitrogens with one attached hydrogen (secondary N) is 1. The molecule has 0 aliphatic carbocycles. The van der Waals surface area contributed by atoms with Crippen molar-refractivity contribution in [3.05, 3.63) is 81.8 Å². The van der Waals surface area contributed by atoms with E-state index in [0.29, 0.717) is 23.4 Å². The van der Waals surface area contributed by atoms with Gasteiger partial charge in [0.25, 0.3) is 5.56 Å². The molecular formula is C26H25N5O5S2. The lowest BCUT2D eigenvalue weighted by atomic mass is 10.1. The van der Waals surface area contributed by atoms with Crippen molar-refractivity contribution in [1.82, 2.24) is 24.4 Å². The number of carbonyl (C=O) groups excluding carboxylic acids is 1. The van der Waals surface area contributed by atoms with E-state index in [2.05, 4.69) is 15.3 Å². The third-order valence-corrected chi connectivity index (χ3v) is 9.10. The number of carbonyl (C=O) groups is 1. The standard InChI is InChI=1S/C26H25N5O5S2/c32-21(16-37-23-19-10-4-5-11-20(19)28-17-29-23)27-12-6-13-30-24(33)22(18-8-2-1-3-9-18)25-31(26(30)34)14-7-15-38(25,35)36/h1-5,8-11,17H,6-7,12-16H2,(H,27,32). The molecule has 0 bridgehead atoms. The van der Waals surface area contributed by atoms with Gasteiger partial charge in [-0.15, -0.1) is 0 Å². The molecule has 0 saturated carbocycles. The van der Waals surface area contributed by atoms with Gasteiger partial charge in [-0.05, 0) is 24.5 Å². The van der Waals surface area contributed by atoms with E-state index in [0.717, 1.165) is 15.5 Å². The van der Waals surface area contributed by atoms with E-state index in [1.807, 2.05) is 24.3 Å². The molecular weight excluding hydrogens is 526 g/mol. The summed E-state index contributed by atoms with van der Waals surface area (Å²) in [5.74, 6) is -0.161. The van der Waals surface area contributed by atoms with Crippen LogP contribution in [0.15, 0.2) is 80.6 Å². The summed E-state index contributed by atoms with van der Waals surface area (Å²) >= 11 is 1.30. The van der Waals surface area contributed by atoms with Crippen molar-refractivity contribution in [3.8, 4) is 11.1 Å². The average Bonchev–Trinajstić information content (AvgIpc) is 2.92. The van der Waals surface area contributed by atoms with Crippen LogP contribution in [0, 0.1) is 0 Å². The van der Waals surface area contributed by atoms with Crippen LogP contribution in [0.5, 0.6) is 0 Å². The molecule has 4 aromatic rings. The van der Waals surface area contributed by atoms with E-state index in [4.69, 9.17) is 0 Å². The van der Waals surface area contributed by atoms with Gasteiger partial charge >= 0.3 is 5.69 Å². The minimum absolute atomic E-state index is 0.0161. The predicted molar refractivity (Wildman–Crippen MR) is 145 cm³/mol. The number of hydrogen-bond donors (Lipinski definition) is 1. The van der Waals surface area contributed by atoms with Gasteiger partial charge in [0.1, 0.15) is 11.4 Å². The van der Waals surface area contributed by atoms with E-state index in [-0.39, 0.29) is 47.6 Å². The second-order valence-corrected chi connectivity index (χ2v) is 11.8. The zero-order valence-corrected chi connectivity index (χ0v) is 22.0. The first kappa shape index (κ1) is 25.9. The van der Waals surface area contributed by atoms with Crippen LogP contribution in [-0.2, 0) is 27.7 Å². The second kappa shape index (κ2) is 10.9. The fourth-order valence-electron chi connectivity index (χ4n) is 4.50. The monoisotopic (exact) mass is 551 g/mol. The van der Waals surface area contributed by atoms with Crippen molar-refractivity contribution in [1.29, 1.82) is 0 Å². The average molecular weight is 552 g/mol. The van der Waals surface area contributed by atoms with Crippen molar-refractivity contribution in [3.63, 3.8) is 0 Å². The Morgan fingerprint density at radius 2 is 1.79 bits per heavy atom. The Morgan fingerprint density at radius 3 is 2.61 bits per heavy atom. The number of amides is 1. The number of aromatic nitrogens is 4. The van der Waals surface area contributed by atoms with Gasteiger partial charge in [0, 0.05) is 25.0 Å². The first-order valence-electron chi connectivity index (χ1n) is 12.1. The highest BCUT2D eigenvalue weighted by Crippen LogP contribution is 2.27. The maximum absolute atomic E-state index is 13.4. The quantitative estimate of drug-likeness (QED) is 0.200. The Hall–Kier alpha value is -3.77. The number of sulfone groups is 1. The lowest BCUT2D eigenvalue weighted by Gasteiger charge is -2.23. The molecule has 0 fully saturated rings. The molecule has 1 N–H and O–H groups in total. The predicted octanol–water partition coefficient (Wildman–Crippen LogP) is 2.10. The van der Waals surface area contributed by atoms with Gasteiger partial charge in [-0.25, -0.2) is 23.2 Å². The molecule has 2 aromatic carbocycles. The highest BCUT2D eigenvalue weighted by Gasteiger charge is 2.32. The van der Waals surface area contributed by atoms with Crippen molar-refractivity contribution >= 4 is 38.4 Å². The topological polar surface area (TPSA) is 133 Å². The van der Waals surface area contributed by atoms with Gasteiger partial charge in [-0.1, -0.05) is 60.3 Å². The molecule has 1 amide bonds. The van der Waals surface area contributed by atoms with Crippen LogP contribution in [0.1, 0.15) is 12.8 Å². The first-order chi connectivity index (χ1) is 18.4. The summed E-state index contributed by atoms with van der Waals surface area (Å²) in [4.78, 5) is 47.5. The molecule has 1 aliphatic heterocycles. The molecule has 2 aromatic heterocycles. The molecule has 0 atom stereocenters. The molecule has 0 radical (unpaired) electrons. The third kappa shape index (κ3) is 5.14. The van der Waals surface area contributed by atoms with E-state index in [9.17, 15) is 22.8 Å². The molecule has 38 heavy (non-hydrogen) atoms. The van der Waals surface area contributed by atoms with E-state index in [1.54, 1.807) is 30.3 Å². The minimum atomic E-state index is -3.78. The lowest BCUT2D eigenvalue weighted by molar-refractivity contribution is -0.118. The Labute approximate surface area is 222 Å². The Morgan fingerprint density at radius 1 is 1.03 bits per heavy atom. The highest BCUT2D eigenvalue weighted by molar-refractivity contribution is 8.00. The molecule has 196 valence electrons. The van der Waals surface area contributed by atoms with Crippen LogP contribution in [0.3, 0.4) is 0 Å². The summed E-state index contributed by atoms with van der Waals surface area (Å²) < 4.78 is 28.0. The third-order valence-electron chi connectivity index (χ3n) is 6.26. The first-order valence-corrected chi connectivity index (χ1v) is 14.8. The Bertz CT molecular complexity index is 1730. The van der Waals surface area contributed by atoms with Gasteiger partial charge in [0.2, 0.25) is 5.91 Å². The molecule has 3 heterocycles. The second-order valence-electron chi connectivity index (χ2n) is 8.80. The van der Waals surface area contributed by atoms with Gasteiger partial charge in [0.15, 0.2) is 14.9 Å². The van der Waals surface area contributed by atoms with Crippen LogP contribution < -0.4 is 16.6 Å². The largest absolute Gasteiger partial charge is 0.355 e. The highest BCUT2D eigenvalue weighted by atomic mass is 32.2. The summed E-state index contributed by atoms with van der Waals surface area (Å²) in [7, 11) is -3.78. The summed E-state index contributed by atoms with van der Waals surface area (Å²) in [6.45, 7) is 0.511. The van der Waals surface area contributed by atoms with Crippen molar-refractivity contribution in [2.45, 2.75) is 36.0 Å². The number of fused-ring (bicyclic) bond motifs is 2. The van der Waals surface area contributed by atoms with Crippen molar-refractivity contribution < 1.29 is 13.2 Å². The number of thioether (sulfide) groups is 1. The van der Waals surface area contributed by atoms with Gasteiger partial charge in [-0.3, -0.25) is 18.7 Å². The summed E-state index contributed by atoms with van der Waals surface area (Å²) in [5.41, 5.74) is -0.0266. The minimum Gasteiger partial charge on any atom is -0.355 e. The number of para-hydroxylation sites is 1. The van der Waals surface area contributed by atoms with Crippen LogP contribution in [-0.4, -0.2) is 51.5 Å². The number of benzene rings is 2. The zero-order valence-electron chi connectivity index (χ0n) is 20.4. The summed E-state index contributed by atoms with van der Waals surface area (Å²) in [5, 5.41) is 4.19. The van der Waals surface area contributed by atoms with Gasteiger partial charge < -0.3 is 5.32 Å². The van der Waals surface area contributed by atoms with Crippen LogP contribution in [0.2, 0.25) is 0 Å². The Kier molecular flexibility index (Phi) is 7.43. The number of nitrogens with zero attached hydrogens (tertiary/aromatic N) is 4. The maximum Gasteiger partial charge on any atom is 0.332 e. The van der Waals surface area contributed by atoms with E-state index in [1.165, 1.54) is 22.7 Å². The summed E-state index contributed by atoms with van der Waals surface area (Å²) in [6, 6.07) is 16.1. The number of hydrogen-bond acceptors (Lipinski definition) is 8.